The summed E-state index contributed by atoms with van der Waals surface area (Å²) < 4.78 is 0. The second-order valence-corrected chi connectivity index (χ2v) is 5.39. The number of carbonyl (C=O) groups excluding carboxylic acids is 1. The van der Waals surface area contributed by atoms with E-state index in [1.807, 2.05) is 5.38 Å². The summed E-state index contributed by atoms with van der Waals surface area (Å²) in [5, 5.41) is 14.9. The summed E-state index contributed by atoms with van der Waals surface area (Å²) in [5.41, 5.74) is 0. The quantitative estimate of drug-likeness (QED) is 0.769. The molecule has 19 heavy (non-hydrogen) atoms. The molecule has 2 N–H and O–H groups in total. The Bertz CT molecular complexity index is 357. The number of aromatic nitrogens is 1. The minimum absolute atomic E-state index is 0.0383. The summed E-state index contributed by atoms with van der Waals surface area (Å²) in [7, 11) is 0. The number of nitrogens with one attached hydrogen (secondary N) is 1. The van der Waals surface area contributed by atoms with Crippen molar-refractivity contribution in [1.29, 1.82) is 0 Å². The zero-order valence-corrected chi connectivity index (χ0v) is 12.4. The zero-order chi connectivity index (χ0) is 14.1. The monoisotopic (exact) mass is 285 g/mol. The van der Waals surface area contributed by atoms with Gasteiger partial charge in [0.05, 0.1) is 13.2 Å². The molecule has 0 aromatic carbocycles. The molecule has 0 aliphatic rings. The fourth-order valence-corrected chi connectivity index (χ4v) is 2.49. The molecule has 0 bridgehead atoms. The first kappa shape index (κ1) is 15.9. The molecule has 0 radical (unpaired) electrons. The zero-order valence-electron chi connectivity index (χ0n) is 11.6. The SMILES string of the molecule is CCC[C@H](CC)NC(=O)N(CCO)Cc1nccs1. The predicted molar refractivity (Wildman–Crippen MR) is 77.1 cm³/mol. The van der Waals surface area contributed by atoms with Gasteiger partial charge in [0.25, 0.3) is 0 Å². The number of urea groups is 1. The van der Waals surface area contributed by atoms with Crippen molar-refractivity contribution < 1.29 is 9.90 Å². The largest absolute Gasteiger partial charge is 0.395 e. The maximum atomic E-state index is 12.2. The smallest absolute Gasteiger partial charge is 0.318 e. The van der Waals surface area contributed by atoms with Gasteiger partial charge in [-0.25, -0.2) is 9.78 Å². The van der Waals surface area contributed by atoms with Crippen LogP contribution in [-0.2, 0) is 6.54 Å². The van der Waals surface area contributed by atoms with E-state index in [1.165, 1.54) is 11.3 Å². The number of hydrogen-bond donors (Lipinski definition) is 2. The van der Waals surface area contributed by atoms with Crippen LogP contribution in [0.3, 0.4) is 0 Å². The molecule has 1 atom stereocenters. The lowest BCUT2D eigenvalue weighted by atomic mass is 10.1. The van der Waals surface area contributed by atoms with Gasteiger partial charge in [-0.3, -0.25) is 0 Å². The lowest BCUT2D eigenvalue weighted by Gasteiger charge is -2.24. The van der Waals surface area contributed by atoms with Crippen molar-refractivity contribution in [2.75, 3.05) is 13.2 Å². The van der Waals surface area contributed by atoms with E-state index < -0.39 is 0 Å². The van der Waals surface area contributed by atoms with Crippen molar-refractivity contribution in [1.82, 2.24) is 15.2 Å². The van der Waals surface area contributed by atoms with Gasteiger partial charge in [-0.05, 0) is 12.8 Å². The van der Waals surface area contributed by atoms with Gasteiger partial charge in [-0.2, -0.15) is 0 Å². The van der Waals surface area contributed by atoms with E-state index in [-0.39, 0.29) is 18.7 Å². The van der Waals surface area contributed by atoms with Gasteiger partial charge in [0.15, 0.2) is 0 Å². The summed E-state index contributed by atoms with van der Waals surface area (Å²) in [6.07, 6.45) is 4.67. The molecule has 1 rings (SSSR count). The van der Waals surface area contributed by atoms with Gasteiger partial charge >= 0.3 is 6.03 Å². The normalized spacial score (nSPS) is 12.2. The first-order chi connectivity index (χ1) is 9.21. The fraction of sp³-hybridized carbons (Fsp3) is 0.692. The van der Waals surface area contributed by atoms with E-state index in [9.17, 15) is 4.79 Å². The van der Waals surface area contributed by atoms with Crippen LogP contribution in [0.1, 0.15) is 38.1 Å². The Balaban J connectivity index is 2.56. The lowest BCUT2D eigenvalue weighted by Crippen LogP contribution is -2.45. The highest BCUT2D eigenvalue weighted by Gasteiger charge is 2.17. The summed E-state index contributed by atoms with van der Waals surface area (Å²) in [6.45, 7) is 4.91. The van der Waals surface area contributed by atoms with Crippen molar-refractivity contribution in [2.24, 2.45) is 0 Å². The van der Waals surface area contributed by atoms with E-state index in [4.69, 9.17) is 5.11 Å². The second-order valence-electron chi connectivity index (χ2n) is 4.41. The summed E-state index contributed by atoms with van der Waals surface area (Å²) in [6, 6.07) is 0.0829. The van der Waals surface area contributed by atoms with Crippen LogP contribution >= 0.6 is 11.3 Å². The van der Waals surface area contributed by atoms with E-state index >= 15 is 0 Å². The van der Waals surface area contributed by atoms with Crippen LogP contribution in [0.15, 0.2) is 11.6 Å². The molecule has 1 heterocycles. The van der Waals surface area contributed by atoms with Gasteiger partial charge in [-0.1, -0.05) is 20.3 Å². The number of aliphatic hydroxyl groups excluding tert-OH is 1. The van der Waals surface area contributed by atoms with Crippen LogP contribution in [0.25, 0.3) is 0 Å². The van der Waals surface area contributed by atoms with E-state index in [1.54, 1.807) is 11.1 Å². The number of amides is 2. The third-order valence-electron chi connectivity index (χ3n) is 2.92. The van der Waals surface area contributed by atoms with Crippen LogP contribution in [0.2, 0.25) is 0 Å². The molecule has 0 aliphatic heterocycles. The van der Waals surface area contributed by atoms with Gasteiger partial charge in [0, 0.05) is 24.2 Å². The van der Waals surface area contributed by atoms with Crippen molar-refractivity contribution in [3.05, 3.63) is 16.6 Å². The minimum Gasteiger partial charge on any atom is -0.395 e. The molecule has 1 aromatic rings. The molecule has 0 unspecified atom stereocenters. The molecule has 6 heteroatoms. The first-order valence-corrected chi connectivity index (χ1v) is 7.63. The van der Waals surface area contributed by atoms with E-state index in [2.05, 4.69) is 24.1 Å². The maximum absolute atomic E-state index is 12.2. The summed E-state index contributed by atoms with van der Waals surface area (Å²) >= 11 is 1.52. The highest BCUT2D eigenvalue weighted by atomic mass is 32.1. The second kappa shape index (κ2) is 8.87. The van der Waals surface area contributed by atoms with Crippen LogP contribution in [0.4, 0.5) is 4.79 Å². The average molecular weight is 285 g/mol. The molecule has 108 valence electrons. The number of carbonyl (C=O) groups is 1. The number of hydrogen-bond acceptors (Lipinski definition) is 4. The van der Waals surface area contributed by atoms with Gasteiger partial charge < -0.3 is 15.3 Å². The molecular weight excluding hydrogens is 262 g/mol. The van der Waals surface area contributed by atoms with Crippen LogP contribution in [0.5, 0.6) is 0 Å². The molecule has 0 spiro atoms. The molecule has 0 saturated carbocycles. The molecular formula is C13H23N3O2S. The Kier molecular flexibility index (Phi) is 7.43. The topological polar surface area (TPSA) is 65.5 Å². The average Bonchev–Trinajstić information content (AvgIpc) is 2.90. The molecule has 0 saturated heterocycles. The summed E-state index contributed by atoms with van der Waals surface area (Å²) in [5.74, 6) is 0. The van der Waals surface area contributed by atoms with Gasteiger partial charge in [-0.15, -0.1) is 11.3 Å². The molecule has 5 nitrogen and oxygen atoms in total. The maximum Gasteiger partial charge on any atom is 0.318 e. The minimum atomic E-state index is -0.121. The Morgan fingerprint density at radius 3 is 2.89 bits per heavy atom. The van der Waals surface area contributed by atoms with E-state index in [0.29, 0.717) is 13.1 Å². The Morgan fingerprint density at radius 2 is 2.37 bits per heavy atom. The number of rotatable bonds is 8. The molecule has 1 aromatic heterocycles. The van der Waals surface area contributed by atoms with Crippen molar-refractivity contribution in [3.8, 4) is 0 Å². The Hall–Kier alpha value is -1.14. The Labute approximate surface area is 118 Å². The van der Waals surface area contributed by atoms with Gasteiger partial charge in [0.2, 0.25) is 0 Å². The van der Waals surface area contributed by atoms with Crippen molar-refractivity contribution in [3.63, 3.8) is 0 Å². The first-order valence-electron chi connectivity index (χ1n) is 6.75. The van der Waals surface area contributed by atoms with Gasteiger partial charge in [0.1, 0.15) is 5.01 Å². The highest BCUT2D eigenvalue weighted by molar-refractivity contribution is 7.09. The Morgan fingerprint density at radius 1 is 1.58 bits per heavy atom. The van der Waals surface area contributed by atoms with Crippen LogP contribution in [0, 0.1) is 0 Å². The lowest BCUT2D eigenvalue weighted by molar-refractivity contribution is 0.170. The highest BCUT2D eigenvalue weighted by Crippen LogP contribution is 2.09. The van der Waals surface area contributed by atoms with Crippen LogP contribution < -0.4 is 5.32 Å². The molecule has 0 fully saturated rings. The standard InChI is InChI=1S/C13H23N3O2S/c1-3-5-11(4-2)15-13(18)16(7-8-17)10-12-14-6-9-19-12/h6,9,11,17H,3-5,7-8,10H2,1-2H3,(H,15,18)/t11-/m0/s1. The number of thiazole rings is 1. The fourth-order valence-electron chi connectivity index (χ4n) is 1.86. The molecule has 2 amide bonds. The van der Waals surface area contributed by atoms with Crippen molar-refractivity contribution >= 4 is 17.4 Å². The third kappa shape index (κ3) is 5.57. The third-order valence-corrected chi connectivity index (χ3v) is 3.69. The number of aliphatic hydroxyl groups is 1. The van der Waals surface area contributed by atoms with Crippen LogP contribution in [-0.4, -0.2) is 40.2 Å². The van der Waals surface area contributed by atoms with Crippen molar-refractivity contribution in [2.45, 2.75) is 45.7 Å². The molecule has 0 aliphatic carbocycles. The summed E-state index contributed by atoms with van der Waals surface area (Å²) in [4.78, 5) is 18.0. The number of nitrogens with zero attached hydrogens (tertiary/aromatic N) is 2. The predicted octanol–water partition coefficient (Wildman–Crippen LogP) is 2.23. The van der Waals surface area contributed by atoms with E-state index in [0.717, 1.165) is 24.3 Å².